The van der Waals surface area contributed by atoms with Crippen LogP contribution in [-0.2, 0) is 0 Å². The summed E-state index contributed by atoms with van der Waals surface area (Å²) in [5, 5.41) is 9.23. The Labute approximate surface area is 117 Å². The first-order valence-corrected chi connectivity index (χ1v) is 6.31. The summed E-state index contributed by atoms with van der Waals surface area (Å²) in [6, 6.07) is 12.0. The molecule has 0 bridgehead atoms. The van der Waals surface area contributed by atoms with Crippen molar-refractivity contribution in [2.24, 2.45) is 0 Å². The average Bonchev–Trinajstić information content (AvgIpc) is 2.46. The molecular weight excluding hydrogens is 257 g/mol. The Bertz CT molecular complexity index is 610. The maximum atomic E-state index is 13.7. The van der Waals surface area contributed by atoms with E-state index in [1.807, 2.05) is 0 Å². The molecule has 104 valence electrons. The SMILES string of the molecule is CC(c1ccccc1F)N(C)C(=O)c1ccc(O)cc1. The molecule has 3 nitrogen and oxygen atoms in total. The molecule has 0 spiro atoms. The third kappa shape index (κ3) is 2.79. The van der Waals surface area contributed by atoms with Crippen LogP contribution in [0.1, 0.15) is 28.9 Å². The highest BCUT2D eigenvalue weighted by Gasteiger charge is 2.20. The summed E-state index contributed by atoms with van der Waals surface area (Å²) >= 11 is 0. The van der Waals surface area contributed by atoms with Gasteiger partial charge in [-0.05, 0) is 37.3 Å². The zero-order chi connectivity index (χ0) is 14.7. The molecule has 1 atom stereocenters. The van der Waals surface area contributed by atoms with Crippen molar-refractivity contribution in [1.29, 1.82) is 0 Å². The average molecular weight is 273 g/mol. The Morgan fingerprint density at radius 2 is 1.75 bits per heavy atom. The molecule has 1 N–H and O–H groups in total. The number of phenolic OH excluding ortho intramolecular Hbond substituents is 1. The Hall–Kier alpha value is -2.36. The van der Waals surface area contributed by atoms with Gasteiger partial charge in [0, 0.05) is 18.2 Å². The molecule has 0 aromatic heterocycles. The Morgan fingerprint density at radius 3 is 2.35 bits per heavy atom. The summed E-state index contributed by atoms with van der Waals surface area (Å²) in [4.78, 5) is 13.8. The minimum Gasteiger partial charge on any atom is -0.508 e. The molecular formula is C16H16FNO2. The van der Waals surface area contributed by atoms with Gasteiger partial charge in [0.05, 0.1) is 6.04 Å². The molecule has 0 aliphatic rings. The van der Waals surface area contributed by atoms with Crippen molar-refractivity contribution in [3.63, 3.8) is 0 Å². The van der Waals surface area contributed by atoms with E-state index in [4.69, 9.17) is 0 Å². The number of aromatic hydroxyl groups is 1. The molecule has 2 aromatic rings. The van der Waals surface area contributed by atoms with E-state index >= 15 is 0 Å². The maximum absolute atomic E-state index is 13.7. The van der Waals surface area contributed by atoms with E-state index in [2.05, 4.69) is 0 Å². The molecule has 0 fully saturated rings. The van der Waals surface area contributed by atoms with Crippen LogP contribution in [0.4, 0.5) is 4.39 Å². The van der Waals surface area contributed by atoms with Crippen LogP contribution < -0.4 is 0 Å². The lowest BCUT2D eigenvalue weighted by molar-refractivity contribution is 0.0740. The standard InChI is InChI=1S/C16H16FNO2/c1-11(14-5-3-4-6-15(14)17)18(2)16(20)12-7-9-13(19)10-8-12/h3-11,19H,1-2H3. The van der Waals surface area contributed by atoms with Gasteiger partial charge in [0.1, 0.15) is 11.6 Å². The Kier molecular flexibility index (Phi) is 4.03. The molecule has 0 aliphatic heterocycles. The number of carbonyl (C=O) groups is 1. The van der Waals surface area contributed by atoms with Gasteiger partial charge in [-0.1, -0.05) is 18.2 Å². The van der Waals surface area contributed by atoms with E-state index in [0.717, 1.165) is 0 Å². The molecule has 0 heterocycles. The first-order chi connectivity index (χ1) is 9.50. The van der Waals surface area contributed by atoms with E-state index < -0.39 is 0 Å². The van der Waals surface area contributed by atoms with Gasteiger partial charge in [0.2, 0.25) is 0 Å². The molecule has 2 rings (SSSR count). The van der Waals surface area contributed by atoms with Crippen LogP contribution in [0, 0.1) is 5.82 Å². The normalized spacial score (nSPS) is 11.9. The lowest BCUT2D eigenvalue weighted by Crippen LogP contribution is -2.30. The molecule has 4 heteroatoms. The highest BCUT2D eigenvalue weighted by atomic mass is 19.1. The van der Waals surface area contributed by atoms with Crippen molar-refractivity contribution in [2.45, 2.75) is 13.0 Å². The summed E-state index contributed by atoms with van der Waals surface area (Å²) in [6.07, 6.45) is 0. The van der Waals surface area contributed by atoms with Gasteiger partial charge < -0.3 is 10.0 Å². The molecule has 1 unspecified atom stereocenters. The fourth-order valence-corrected chi connectivity index (χ4v) is 2.01. The minimum absolute atomic E-state index is 0.103. The number of halogens is 1. The van der Waals surface area contributed by atoms with Gasteiger partial charge >= 0.3 is 0 Å². The first-order valence-electron chi connectivity index (χ1n) is 6.31. The monoisotopic (exact) mass is 273 g/mol. The van der Waals surface area contributed by atoms with Gasteiger partial charge in [0.25, 0.3) is 5.91 Å². The largest absolute Gasteiger partial charge is 0.508 e. The lowest BCUT2D eigenvalue weighted by Gasteiger charge is -2.25. The molecule has 1 amide bonds. The van der Waals surface area contributed by atoms with Crippen LogP contribution in [-0.4, -0.2) is 23.0 Å². The van der Waals surface area contributed by atoms with Crippen LogP contribution in [0.5, 0.6) is 5.75 Å². The van der Waals surface area contributed by atoms with Crippen molar-refractivity contribution in [3.05, 3.63) is 65.5 Å². The van der Waals surface area contributed by atoms with Crippen LogP contribution >= 0.6 is 0 Å². The smallest absolute Gasteiger partial charge is 0.254 e. The van der Waals surface area contributed by atoms with Crippen LogP contribution in [0.2, 0.25) is 0 Å². The van der Waals surface area contributed by atoms with Crippen molar-refractivity contribution in [1.82, 2.24) is 4.90 Å². The highest BCUT2D eigenvalue weighted by Crippen LogP contribution is 2.23. The second-order valence-electron chi connectivity index (χ2n) is 4.66. The van der Waals surface area contributed by atoms with Gasteiger partial charge in [-0.2, -0.15) is 0 Å². The number of nitrogens with zero attached hydrogens (tertiary/aromatic N) is 1. The number of carbonyl (C=O) groups excluding carboxylic acids is 1. The molecule has 0 saturated carbocycles. The number of amides is 1. The maximum Gasteiger partial charge on any atom is 0.254 e. The number of phenols is 1. The number of benzene rings is 2. The highest BCUT2D eigenvalue weighted by molar-refractivity contribution is 5.94. The zero-order valence-electron chi connectivity index (χ0n) is 11.4. The van der Waals surface area contributed by atoms with E-state index in [1.165, 1.54) is 23.1 Å². The van der Waals surface area contributed by atoms with Crippen molar-refractivity contribution in [2.75, 3.05) is 7.05 Å². The van der Waals surface area contributed by atoms with Crippen molar-refractivity contribution in [3.8, 4) is 5.75 Å². The molecule has 0 aliphatic carbocycles. The van der Waals surface area contributed by atoms with E-state index in [9.17, 15) is 14.3 Å². The summed E-state index contributed by atoms with van der Waals surface area (Å²) in [5.74, 6) is -0.447. The van der Waals surface area contributed by atoms with E-state index in [-0.39, 0.29) is 23.5 Å². The topological polar surface area (TPSA) is 40.5 Å². The summed E-state index contributed by atoms with van der Waals surface area (Å²) in [6.45, 7) is 1.77. The minimum atomic E-state index is -0.377. The summed E-state index contributed by atoms with van der Waals surface area (Å²) in [5.41, 5.74) is 0.926. The van der Waals surface area contributed by atoms with E-state index in [1.54, 1.807) is 44.3 Å². The fraction of sp³-hybridized carbons (Fsp3) is 0.188. The first kappa shape index (κ1) is 14.1. The second kappa shape index (κ2) is 5.74. The lowest BCUT2D eigenvalue weighted by atomic mass is 10.1. The Balaban J connectivity index is 2.22. The van der Waals surface area contributed by atoms with Crippen molar-refractivity contribution < 1.29 is 14.3 Å². The quantitative estimate of drug-likeness (QED) is 0.931. The van der Waals surface area contributed by atoms with Gasteiger partial charge in [-0.3, -0.25) is 4.79 Å². The van der Waals surface area contributed by atoms with Gasteiger partial charge in [-0.15, -0.1) is 0 Å². The molecule has 20 heavy (non-hydrogen) atoms. The Morgan fingerprint density at radius 1 is 1.15 bits per heavy atom. The van der Waals surface area contributed by atoms with E-state index in [0.29, 0.717) is 11.1 Å². The van der Waals surface area contributed by atoms with Gasteiger partial charge in [0.15, 0.2) is 0 Å². The fourth-order valence-electron chi connectivity index (χ4n) is 2.01. The molecule has 0 saturated heterocycles. The zero-order valence-corrected chi connectivity index (χ0v) is 11.4. The third-order valence-electron chi connectivity index (χ3n) is 3.37. The predicted molar refractivity (Wildman–Crippen MR) is 75.0 cm³/mol. The van der Waals surface area contributed by atoms with Gasteiger partial charge in [-0.25, -0.2) is 4.39 Å². The van der Waals surface area contributed by atoms with Crippen LogP contribution in [0.3, 0.4) is 0 Å². The number of hydrogen-bond acceptors (Lipinski definition) is 2. The third-order valence-corrected chi connectivity index (χ3v) is 3.37. The summed E-state index contributed by atoms with van der Waals surface area (Å²) < 4.78 is 13.7. The second-order valence-corrected chi connectivity index (χ2v) is 4.66. The predicted octanol–water partition coefficient (Wildman–Crippen LogP) is 3.36. The molecule has 0 radical (unpaired) electrons. The van der Waals surface area contributed by atoms with Crippen molar-refractivity contribution >= 4 is 5.91 Å². The number of rotatable bonds is 3. The molecule has 2 aromatic carbocycles. The summed E-state index contributed by atoms with van der Waals surface area (Å²) in [7, 11) is 1.63. The van der Waals surface area contributed by atoms with Crippen LogP contribution in [0.15, 0.2) is 48.5 Å². The number of hydrogen-bond donors (Lipinski definition) is 1. The van der Waals surface area contributed by atoms with Crippen LogP contribution in [0.25, 0.3) is 0 Å².